The summed E-state index contributed by atoms with van der Waals surface area (Å²) in [6.45, 7) is 3.66. The van der Waals surface area contributed by atoms with Crippen molar-refractivity contribution in [1.82, 2.24) is 4.90 Å². The lowest BCUT2D eigenvalue weighted by Crippen LogP contribution is -2.62. The average Bonchev–Trinajstić information content (AvgIpc) is 2.35. The van der Waals surface area contributed by atoms with Crippen LogP contribution in [0.5, 0.6) is 0 Å². The third-order valence-electron chi connectivity index (χ3n) is 4.01. The molecular formula is C12H21NO5. The summed E-state index contributed by atoms with van der Waals surface area (Å²) in [5.74, 6) is -2.52. The maximum atomic E-state index is 11.7. The Kier molecular flexibility index (Phi) is 4.70. The van der Waals surface area contributed by atoms with Crippen molar-refractivity contribution in [2.24, 2.45) is 11.8 Å². The van der Waals surface area contributed by atoms with Crippen LogP contribution in [0.15, 0.2) is 0 Å². The summed E-state index contributed by atoms with van der Waals surface area (Å²) in [4.78, 5) is 25.4. The van der Waals surface area contributed by atoms with Gasteiger partial charge < -0.3 is 14.6 Å². The summed E-state index contributed by atoms with van der Waals surface area (Å²) >= 11 is 0. The number of carbonyl (C=O) groups is 2. The van der Waals surface area contributed by atoms with Crippen molar-refractivity contribution in [2.75, 3.05) is 21.3 Å². The van der Waals surface area contributed by atoms with Crippen molar-refractivity contribution < 1.29 is 24.2 Å². The van der Waals surface area contributed by atoms with Gasteiger partial charge >= 0.3 is 11.9 Å². The van der Waals surface area contributed by atoms with Crippen molar-refractivity contribution >= 4 is 11.9 Å². The van der Waals surface area contributed by atoms with Crippen LogP contribution in [0.4, 0.5) is 0 Å². The lowest BCUT2D eigenvalue weighted by molar-refractivity contribution is -0.173. The lowest BCUT2D eigenvalue weighted by atomic mass is 9.77. The number of rotatable bonds is 2. The number of aliphatic hydroxyl groups is 1. The fourth-order valence-corrected chi connectivity index (χ4v) is 2.62. The third kappa shape index (κ3) is 2.35. The van der Waals surface area contributed by atoms with Crippen molar-refractivity contribution in [3.63, 3.8) is 0 Å². The zero-order chi connectivity index (χ0) is 14.0. The van der Waals surface area contributed by atoms with E-state index in [1.54, 1.807) is 0 Å². The van der Waals surface area contributed by atoms with Gasteiger partial charge in [-0.1, -0.05) is 0 Å². The van der Waals surface area contributed by atoms with Crippen molar-refractivity contribution in [3.05, 3.63) is 0 Å². The first-order valence-corrected chi connectivity index (χ1v) is 5.92. The number of aliphatic hydroxyl groups excluding tert-OH is 1. The Morgan fingerprint density at radius 2 is 1.33 bits per heavy atom. The second kappa shape index (κ2) is 5.67. The molecule has 1 saturated heterocycles. The Morgan fingerprint density at radius 1 is 1.00 bits per heavy atom. The molecule has 1 aliphatic heterocycles. The van der Waals surface area contributed by atoms with E-state index in [9.17, 15) is 14.7 Å². The molecule has 1 aliphatic rings. The number of nitrogens with zero attached hydrogens (tertiary/aromatic N) is 1. The fourth-order valence-electron chi connectivity index (χ4n) is 2.62. The first-order chi connectivity index (χ1) is 8.36. The highest BCUT2D eigenvalue weighted by atomic mass is 16.5. The summed E-state index contributed by atoms with van der Waals surface area (Å²) in [7, 11) is 4.35. The number of likely N-dealkylation sites (tertiary alicyclic amines) is 1. The maximum Gasteiger partial charge on any atom is 0.312 e. The largest absolute Gasteiger partial charge is 0.469 e. The van der Waals surface area contributed by atoms with E-state index in [4.69, 9.17) is 9.47 Å². The topological polar surface area (TPSA) is 76.1 Å². The smallest absolute Gasteiger partial charge is 0.312 e. The molecule has 1 N–H and O–H groups in total. The van der Waals surface area contributed by atoms with E-state index < -0.39 is 29.9 Å². The number of carbonyl (C=O) groups excluding carboxylic acids is 2. The zero-order valence-corrected chi connectivity index (χ0v) is 11.4. The van der Waals surface area contributed by atoms with Gasteiger partial charge in [0.25, 0.3) is 0 Å². The van der Waals surface area contributed by atoms with E-state index in [0.717, 1.165) is 0 Å². The van der Waals surface area contributed by atoms with E-state index in [1.165, 1.54) is 14.2 Å². The van der Waals surface area contributed by atoms with Crippen LogP contribution in [0.1, 0.15) is 13.8 Å². The standard InChI is InChI=1S/C12H21NO5/c1-6-8(11(15)17-4)10(14)9(12(16)18-5)7(2)13(6)3/h6-10,14H,1-5H3/t6-,7-,8+,9+/m0/s1. The van der Waals surface area contributed by atoms with Crippen LogP contribution in [-0.4, -0.2) is 61.4 Å². The van der Waals surface area contributed by atoms with Gasteiger partial charge in [0.15, 0.2) is 0 Å². The molecule has 0 aliphatic carbocycles. The van der Waals surface area contributed by atoms with Crippen LogP contribution in [0.2, 0.25) is 0 Å². The number of piperidine rings is 1. The molecule has 0 saturated carbocycles. The van der Waals surface area contributed by atoms with Gasteiger partial charge in [-0.25, -0.2) is 0 Å². The molecule has 6 heteroatoms. The molecule has 0 aromatic rings. The molecule has 0 bridgehead atoms. The quantitative estimate of drug-likeness (QED) is 0.683. The lowest BCUT2D eigenvalue weighted by Gasteiger charge is -2.46. The van der Waals surface area contributed by atoms with Crippen LogP contribution in [-0.2, 0) is 19.1 Å². The third-order valence-corrected chi connectivity index (χ3v) is 4.01. The fraction of sp³-hybridized carbons (Fsp3) is 0.833. The van der Waals surface area contributed by atoms with Crippen LogP contribution in [0.3, 0.4) is 0 Å². The molecule has 104 valence electrons. The Labute approximate surface area is 107 Å². The molecule has 0 unspecified atom stereocenters. The van der Waals surface area contributed by atoms with Gasteiger partial charge in [0, 0.05) is 12.1 Å². The molecule has 0 amide bonds. The second-order valence-electron chi connectivity index (χ2n) is 4.74. The normalized spacial score (nSPS) is 37.1. The van der Waals surface area contributed by atoms with Crippen LogP contribution < -0.4 is 0 Å². The Balaban J connectivity index is 3.07. The maximum absolute atomic E-state index is 11.7. The molecular weight excluding hydrogens is 238 g/mol. The van der Waals surface area contributed by atoms with Crippen molar-refractivity contribution in [2.45, 2.75) is 32.0 Å². The van der Waals surface area contributed by atoms with E-state index in [-0.39, 0.29) is 12.1 Å². The SMILES string of the molecule is COC(=O)[C@H]1C(O)[C@H](C(=O)OC)[C@H](C)N(C)[C@H]1C. The zero-order valence-electron chi connectivity index (χ0n) is 11.4. The van der Waals surface area contributed by atoms with Crippen LogP contribution in [0, 0.1) is 11.8 Å². The van der Waals surface area contributed by atoms with E-state index in [1.807, 2.05) is 25.8 Å². The van der Waals surface area contributed by atoms with Crippen LogP contribution in [0.25, 0.3) is 0 Å². The molecule has 1 rings (SSSR count). The molecule has 0 aromatic carbocycles. The van der Waals surface area contributed by atoms with Gasteiger partial charge in [-0.2, -0.15) is 0 Å². The average molecular weight is 259 g/mol. The Bertz CT molecular complexity index is 302. The molecule has 4 atom stereocenters. The van der Waals surface area contributed by atoms with E-state index in [0.29, 0.717) is 0 Å². The molecule has 0 radical (unpaired) electrons. The molecule has 0 spiro atoms. The van der Waals surface area contributed by atoms with Crippen molar-refractivity contribution in [3.8, 4) is 0 Å². The van der Waals surface area contributed by atoms with Gasteiger partial charge in [0.05, 0.1) is 32.2 Å². The summed E-state index contributed by atoms with van der Waals surface area (Å²) in [5, 5.41) is 10.3. The minimum atomic E-state index is -1.09. The minimum Gasteiger partial charge on any atom is -0.469 e. The Morgan fingerprint density at radius 3 is 1.61 bits per heavy atom. The minimum absolute atomic E-state index is 0.205. The number of methoxy groups -OCH3 is 2. The van der Waals surface area contributed by atoms with Crippen molar-refractivity contribution in [1.29, 1.82) is 0 Å². The number of ether oxygens (including phenoxy) is 2. The van der Waals surface area contributed by atoms with E-state index >= 15 is 0 Å². The highest BCUT2D eigenvalue weighted by molar-refractivity contribution is 5.79. The molecule has 0 aromatic heterocycles. The molecule has 18 heavy (non-hydrogen) atoms. The highest BCUT2D eigenvalue weighted by Gasteiger charge is 2.50. The number of esters is 2. The Hall–Kier alpha value is -1.14. The summed E-state index contributed by atoms with van der Waals surface area (Å²) < 4.78 is 9.40. The second-order valence-corrected chi connectivity index (χ2v) is 4.74. The van der Waals surface area contributed by atoms with Gasteiger partial charge in [0.2, 0.25) is 0 Å². The van der Waals surface area contributed by atoms with Gasteiger partial charge in [-0.15, -0.1) is 0 Å². The van der Waals surface area contributed by atoms with E-state index in [2.05, 4.69) is 0 Å². The van der Waals surface area contributed by atoms with Crippen LogP contribution >= 0.6 is 0 Å². The predicted octanol–water partition coefficient (Wildman–Crippen LogP) is -0.352. The van der Waals surface area contributed by atoms with Gasteiger partial charge in [0.1, 0.15) is 0 Å². The molecule has 1 heterocycles. The summed E-state index contributed by atoms with van der Waals surface area (Å²) in [5.41, 5.74) is 0. The molecule has 6 nitrogen and oxygen atoms in total. The summed E-state index contributed by atoms with van der Waals surface area (Å²) in [6, 6.07) is -0.410. The summed E-state index contributed by atoms with van der Waals surface area (Å²) in [6.07, 6.45) is -1.09. The monoisotopic (exact) mass is 259 g/mol. The van der Waals surface area contributed by atoms with Gasteiger partial charge in [-0.05, 0) is 20.9 Å². The number of hydrogen-bond donors (Lipinski definition) is 1. The number of hydrogen-bond acceptors (Lipinski definition) is 6. The molecule has 1 fully saturated rings. The van der Waals surface area contributed by atoms with Gasteiger partial charge in [-0.3, -0.25) is 14.5 Å². The first kappa shape index (κ1) is 14.9. The predicted molar refractivity (Wildman–Crippen MR) is 63.7 cm³/mol. The first-order valence-electron chi connectivity index (χ1n) is 5.92. The highest BCUT2D eigenvalue weighted by Crippen LogP contribution is 2.33.